The van der Waals surface area contributed by atoms with Gasteiger partial charge in [0.05, 0.1) is 12.1 Å². The minimum absolute atomic E-state index is 0.338. The van der Waals surface area contributed by atoms with E-state index in [9.17, 15) is 4.79 Å². The second-order valence-electron chi connectivity index (χ2n) is 5.12. The maximum Gasteiger partial charge on any atom is 0.355 e. The summed E-state index contributed by atoms with van der Waals surface area (Å²) < 4.78 is 7.07. The van der Waals surface area contributed by atoms with Crippen LogP contribution in [0.15, 0.2) is 48.5 Å². The molecule has 0 unspecified atom stereocenters. The smallest absolute Gasteiger partial charge is 0.355 e. The second kappa shape index (κ2) is 5.85. The number of esters is 1. The highest BCUT2D eigenvalue weighted by atomic mass is 35.5. The molecule has 0 radical (unpaired) electrons. The third-order valence-electron chi connectivity index (χ3n) is 3.54. The van der Waals surface area contributed by atoms with Crippen LogP contribution < -0.4 is 0 Å². The Balaban J connectivity index is 2.27. The van der Waals surface area contributed by atoms with E-state index in [4.69, 9.17) is 16.3 Å². The van der Waals surface area contributed by atoms with Crippen molar-refractivity contribution in [2.24, 2.45) is 0 Å². The number of hydrogen-bond acceptors (Lipinski definition) is 2. The summed E-state index contributed by atoms with van der Waals surface area (Å²) in [6.45, 7) is 4.17. The van der Waals surface area contributed by atoms with Crippen molar-refractivity contribution in [3.8, 4) is 5.69 Å². The summed E-state index contributed by atoms with van der Waals surface area (Å²) in [7, 11) is 0. The zero-order valence-corrected chi connectivity index (χ0v) is 13.2. The molecule has 3 aromatic rings. The number of benzene rings is 2. The first-order valence-corrected chi connectivity index (χ1v) is 7.53. The molecule has 0 N–H and O–H groups in total. The lowest BCUT2D eigenvalue weighted by molar-refractivity contribution is 0.0517. The van der Waals surface area contributed by atoms with Crippen molar-refractivity contribution >= 4 is 28.5 Å². The monoisotopic (exact) mass is 313 g/mol. The van der Waals surface area contributed by atoms with Crippen LogP contribution in [0.1, 0.15) is 23.0 Å². The van der Waals surface area contributed by atoms with Gasteiger partial charge in [0.15, 0.2) is 0 Å². The molecule has 1 aromatic heterocycles. The number of rotatable bonds is 3. The number of nitrogens with zero attached hydrogens (tertiary/aromatic N) is 1. The molecule has 0 spiro atoms. The fourth-order valence-corrected chi connectivity index (χ4v) is 2.67. The maximum atomic E-state index is 12.3. The van der Waals surface area contributed by atoms with Gasteiger partial charge in [-0.2, -0.15) is 0 Å². The van der Waals surface area contributed by atoms with E-state index in [-0.39, 0.29) is 5.97 Å². The molecule has 0 aliphatic heterocycles. The minimum Gasteiger partial charge on any atom is -0.461 e. The molecular weight excluding hydrogens is 298 g/mol. The van der Waals surface area contributed by atoms with E-state index in [0.717, 1.165) is 22.2 Å². The summed E-state index contributed by atoms with van der Waals surface area (Å²) in [5.74, 6) is -0.338. The molecule has 2 aromatic carbocycles. The number of ether oxygens (including phenoxy) is 1. The zero-order chi connectivity index (χ0) is 15.7. The van der Waals surface area contributed by atoms with Gasteiger partial charge in [0.25, 0.3) is 0 Å². The van der Waals surface area contributed by atoms with Crippen LogP contribution in [0, 0.1) is 6.92 Å². The Bertz CT molecular complexity index is 834. The highest BCUT2D eigenvalue weighted by molar-refractivity contribution is 6.31. The van der Waals surface area contributed by atoms with E-state index in [1.165, 1.54) is 0 Å². The van der Waals surface area contributed by atoms with E-state index in [1.54, 1.807) is 6.92 Å². The van der Waals surface area contributed by atoms with Gasteiger partial charge in [-0.05, 0) is 44.2 Å². The van der Waals surface area contributed by atoms with Crippen LogP contribution in [-0.4, -0.2) is 17.1 Å². The van der Waals surface area contributed by atoms with Gasteiger partial charge in [0.1, 0.15) is 5.69 Å². The standard InChI is InChI=1S/C18H16ClNO2/c1-3-22-18(21)17-10-13-6-7-14(19)11-16(13)20(17)15-8-4-12(2)5-9-15/h4-11H,3H2,1-2H3. The number of aryl methyl sites for hydroxylation is 1. The number of aromatic nitrogens is 1. The van der Waals surface area contributed by atoms with Crippen molar-refractivity contribution in [1.82, 2.24) is 4.57 Å². The van der Waals surface area contributed by atoms with Crippen LogP contribution in [0.2, 0.25) is 5.02 Å². The predicted octanol–water partition coefficient (Wildman–Crippen LogP) is 4.77. The van der Waals surface area contributed by atoms with Gasteiger partial charge in [-0.15, -0.1) is 0 Å². The van der Waals surface area contributed by atoms with E-state index in [1.807, 2.05) is 60.0 Å². The van der Waals surface area contributed by atoms with Crippen LogP contribution >= 0.6 is 11.6 Å². The fraction of sp³-hybridized carbons (Fsp3) is 0.167. The molecular formula is C18H16ClNO2. The van der Waals surface area contributed by atoms with Crippen LogP contribution in [-0.2, 0) is 4.74 Å². The lowest BCUT2D eigenvalue weighted by atomic mass is 10.2. The van der Waals surface area contributed by atoms with Crippen LogP contribution in [0.25, 0.3) is 16.6 Å². The molecule has 0 fully saturated rings. The predicted molar refractivity (Wildman–Crippen MR) is 89.0 cm³/mol. The molecule has 0 saturated heterocycles. The first-order valence-electron chi connectivity index (χ1n) is 7.15. The normalized spacial score (nSPS) is 10.9. The van der Waals surface area contributed by atoms with Gasteiger partial charge in [0.2, 0.25) is 0 Å². The number of carbonyl (C=O) groups excluding carboxylic acids is 1. The Hall–Kier alpha value is -2.26. The van der Waals surface area contributed by atoms with E-state index < -0.39 is 0 Å². The third-order valence-corrected chi connectivity index (χ3v) is 3.78. The van der Waals surface area contributed by atoms with Gasteiger partial charge in [-0.3, -0.25) is 0 Å². The van der Waals surface area contributed by atoms with Crippen LogP contribution in [0.4, 0.5) is 0 Å². The molecule has 0 atom stereocenters. The Morgan fingerprint density at radius 3 is 2.55 bits per heavy atom. The summed E-state index contributed by atoms with van der Waals surface area (Å²) in [6, 6.07) is 15.4. The molecule has 1 heterocycles. The number of halogens is 1. The van der Waals surface area contributed by atoms with Crippen LogP contribution in [0.3, 0.4) is 0 Å². The van der Waals surface area contributed by atoms with Crippen molar-refractivity contribution in [3.63, 3.8) is 0 Å². The average Bonchev–Trinajstić information content (AvgIpc) is 2.87. The average molecular weight is 314 g/mol. The Labute approximate surface area is 134 Å². The van der Waals surface area contributed by atoms with Gasteiger partial charge in [0, 0.05) is 16.1 Å². The highest BCUT2D eigenvalue weighted by Crippen LogP contribution is 2.27. The third kappa shape index (κ3) is 2.60. The van der Waals surface area contributed by atoms with E-state index in [2.05, 4.69) is 0 Å². The topological polar surface area (TPSA) is 31.2 Å². The second-order valence-corrected chi connectivity index (χ2v) is 5.56. The van der Waals surface area contributed by atoms with Gasteiger partial charge in [-0.1, -0.05) is 35.4 Å². The van der Waals surface area contributed by atoms with Gasteiger partial charge >= 0.3 is 5.97 Å². The largest absolute Gasteiger partial charge is 0.461 e. The summed E-state index contributed by atoms with van der Waals surface area (Å²) in [5, 5.41) is 1.59. The maximum absolute atomic E-state index is 12.3. The van der Waals surface area contributed by atoms with Crippen molar-refractivity contribution < 1.29 is 9.53 Å². The number of carbonyl (C=O) groups is 1. The summed E-state index contributed by atoms with van der Waals surface area (Å²) >= 11 is 6.12. The molecule has 3 nitrogen and oxygen atoms in total. The quantitative estimate of drug-likeness (QED) is 0.652. The first-order chi connectivity index (χ1) is 10.6. The molecule has 112 valence electrons. The Morgan fingerprint density at radius 1 is 1.14 bits per heavy atom. The molecule has 0 bridgehead atoms. The molecule has 3 rings (SSSR count). The molecule has 4 heteroatoms. The van der Waals surface area contributed by atoms with Gasteiger partial charge < -0.3 is 9.30 Å². The van der Waals surface area contributed by atoms with E-state index in [0.29, 0.717) is 17.3 Å². The SMILES string of the molecule is CCOC(=O)c1cc2ccc(Cl)cc2n1-c1ccc(C)cc1. The van der Waals surface area contributed by atoms with Crippen molar-refractivity contribution in [2.45, 2.75) is 13.8 Å². The van der Waals surface area contributed by atoms with Crippen molar-refractivity contribution in [3.05, 3.63) is 64.8 Å². The van der Waals surface area contributed by atoms with Crippen molar-refractivity contribution in [2.75, 3.05) is 6.61 Å². The lowest BCUT2D eigenvalue weighted by Crippen LogP contribution is -2.10. The zero-order valence-electron chi connectivity index (χ0n) is 12.5. The van der Waals surface area contributed by atoms with Crippen molar-refractivity contribution in [1.29, 1.82) is 0 Å². The number of fused-ring (bicyclic) bond motifs is 1. The molecule has 0 saturated carbocycles. The lowest BCUT2D eigenvalue weighted by Gasteiger charge is -2.10. The summed E-state index contributed by atoms with van der Waals surface area (Å²) in [6.07, 6.45) is 0. The van der Waals surface area contributed by atoms with Crippen LogP contribution in [0.5, 0.6) is 0 Å². The number of hydrogen-bond donors (Lipinski definition) is 0. The first kappa shape index (κ1) is 14.7. The summed E-state index contributed by atoms with van der Waals surface area (Å²) in [4.78, 5) is 12.3. The summed E-state index contributed by atoms with van der Waals surface area (Å²) in [5.41, 5.74) is 3.46. The highest BCUT2D eigenvalue weighted by Gasteiger charge is 2.18. The molecule has 0 amide bonds. The molecule has 22 heavy (non-hydrogen) atoms. The molecule has 0 aliphatic rings. The Kier molecular flexibility index (Phi) is 3.90. The minimum atomic E-state index is -0.338. The fourth-order valence-electron chi connectivity index (χ4n) is 2.50. The Morgan fingerprint density at radius 2 is 1.86 bits per heavy atom. The molecule has 0 aliphatic carbocycles. The van der Waals surface area contributed by atoms with Gasteiger partial charge in [-0.25, -0.2) is 4.79 Å². The van der Waals surface area contributed by atoms with E-state index >= 15 is 0 Å².